The van der Waals surface area contributed by atoms with Crippen LogP contribution in [0, 0.1) is 5.92 Å². The third-order valence-corrected chi connectivity index (χ3v) is 5.67. The first-order chi connectivity index (χ1) is 12.4. The summed E-state index contributed by atoms with van der Waals surface area (Å²) in [5.41, 5.74) is 1.46. The first kappa shape index (κ1) is 16.4. The number of rotatable bonds is 5. The van der Waals surface area contributed by atoms with E-state index in [4.69, 9.17) is 0 Å². The maximum atomic E-state index is 4.52. The fourth-order valence-electron chi connectivity index (χ4n) is 4.19. The molecule has 1 aromatic carbocycles. The van der Waals surface area contributed by atoms with E-state index in [1.54, 1.807) is 6.33 Å². The second-order valence-electron chi connectivity index (χ2n) is 7.51. The van der Waals surface area contributed by atoms with Gasteiger partial charge in [0.2, 0.25) is 0 Å². The van der Waals surface area contributed by atoms with Crippen LogP contribution >= 0.6 is 0 Å². The summed E-state index contributed by atoms with van der Waals surface area (Å²) < 4.78 is 0. The van der Waals surface area contributed by atoms with Gasteiger partial charge in [-0.1, -0.05) is 43.2 Å². The lowest BCUT2D eigenvalue weighted by Gasteiger charge is -2.33. The molecule has 2 heterocycles. The molecule has 1 aliphatic heterocycles. The van der Waals surface area contributed by atoms with Crippen LogP contribution in [0.4, 0.5) is 11.6 Å². The molecule has 4 rings (SSSR count). The zero-order valence-corrected chi connectivity index (χ0v) is 14.9. The highest BCUT2D eigenvalue weighted by Gasteiger charge is 2.21. The van der Waals surface area contributed by atoms with E-state index in [1.807, 2.05) is 0 Å². The van der Waals surface area contributed by atoms with Gasteiger partial charge in [0.05, 0.1) is 0 Å². The molecule has 0 unspecified atom stereocenters. The number of hydrogen-bond acceptors (Lipinski definition) is 4. The topological polar surface area (TPSA) is 41.0 Å². The summed E-state index contributed by atoms with van der Waals surface area (Å²) in [4.78, 5) is 11.4. The molecule has 1 saturated carbocycles. The summed E-state index contributed by atoms with van der Waals surface area (Å²) in [5.74, 6) is 2.86. The lowest BCUT2D eigenvalue weighted by atomic mass is 9.90. The van der Waals surface area contributed by atoms with Crippen molar-refractivity contribution in [2.24, 2.45) is 5.92 Å². The monoisotopic (exact) mass is 336 g/mol. The molecular weight excluding hydrogens is 308 g/mol. The molecule has 4 heteroatoms. The van der Waals surface area contributed by atoms with Gasteiger partial charge in [-0.3, -0.25) is 0 Å². The van der Waals surface area contributed by atoms with Gasteiger partial charge < -0.3 is 10.2 Å². The molecule has 1 N–H and O–H groups in total. The molecule has 1 aliphatic carbocycles. The van der Waals surface area contributed by atoms with Gasteiger partial charge in [-0.15, -0.1) is 0 Å². The highest BCUT2D eigenvalue weighted by Crippen LogP contribution is 2.26. The van der Waals surface area contributed by atoms with Crippen molar-refractivity contribution in [2.45, 2.75) is 51.0 Å². The van der Waals surface area contributed by atoms with E-state index >= 15 is 0 Å². The van der Waals surface area contributed by atoms with Gasteiger partial charge in [0.1, 0.15) is 18.0 Å². The molecule has 0 amide bonds. The van der Waals surface area contributed by atoms with Crippen molar-refractivity contribution in [3.8, 4) is 0 Å². The Kier molecular flexibility index (Phi) is 5.14. The van der Waals surface area contributed by atoms with E-state index in [2.05, 4.69) is 56.6 Å². The minimum absolute atomic E-state index is 0.597. The van der Waals surface area contributed by atoms with Crippen LogP contribution in [0.2, 0.25) is 0 Å². The highest BCUT2D eigenvalue weighted by molar-refractivity contribution is 5.49. The summed E-state index contributed by atoms with van der Waals surface area (Å²) in [6.07, 6.45) is 10.6. The van der Waals surface area contributed by atoms with Crippen LogP contribution in [0.1, 0.15) is 44.1 Å². The number of benzene rings is 1. The third kappa shape index (κ3) is 4.30. The molecule has 0 bridgehead atoms. The molecule has 2 aliphatic rings. The molecule has 1 saturated heterocycles. The number of nitrogens with one attached hydrogen (secondary N) is 1. The fourth-order valence-corrected chi connectivity index (χ4v) is 4.19. The molecule has 2 aromatic rings. The second kappa shape index (κ2) is 7.85. The molecule has 1 aromatic heterocycles. The molecule has 0 spiro atoms. The van der Waals surface area contributed by atoms with E-state index in [0.717, 1.165) is 30.6 Å². The average molecular weight is 336 g/mol. The lowest BCUT2D eigenvalue weighted by molar-refractivity contribution is 0.402. The Morgan fingerprint density at radius 2 is 1.72 bits per heavy atom. The van der Waals surface area contributed by atoms with E-state index < -0.39 is 0 Å². The predicted octanol–water partition coefficient (Wildman–Crippen LogP) is 4.29. The normalized spacial score (nSPS) is 19.3. The van der Waals surface area contributed by atoms with Crippen LogP contribution in [-0.2, 0) is 6.42 Å². The van der Waals surface area contributed by atoms with Crippen LogP contribution in [-0.4, -0.2) is 29.1 Å². The Hall–Kier alpha value is -2.10. The quantitative estimate of drug-likeness (QED) is 0.884. The van der Waals surface area contributed by atoms with Crippen molar-refractivity contribution in [2.75, 3.05) is 23.3 Å². The van der Waals surface area contributed by atoms with Crippen LogP contribution in [0.25, 0.3) is 0 Å². The SMILES string of the molecule is c1ccc(CC2CCN(c3cc(NC4CCCC4)ncn3)CC2)cc1. The minimum Gasteiger partial charge on any atom is -0.367 e. The summed E-state index contributed by atoms with van der Waals surface area (Å²) >= 11 is 0. The molecular formula is C21H28N4. The first-order valence-corrected chi connectivity index (χ1v) is 9.74. The number of anilines is 2. The number of aromatic nitrogens is 2. The molecule has 4 nitrogen and oxygen atoms in total. The van der Waals surface area contributed by atoms with Crippen LogP contribution in [0.3, 0.4) is 0 Å². The van der Waals surface area contributed by atoms with Gasteiger partial charge in [-0.2, -0.15) is 0 Å². The Balaban J connectivity index is 1.32. The van der Waals surface area contributed by atoms with E-state index in [9.17, 15) is 0 Å². The lowest BCUT2D eigenvalue weighted by Crippen LogP contribution is -2.35. The number of piperidine rings is 1. The summed E-state index contributed by atoms with van der Waals surface area (Å²) in [6.45, 7) is 2.19. The van der Waals surface area contributed by atoms with Gasteiger partial charge in [-0.05, 0) is 43.6 Å². The Labute approximate surface area is 150 Å². The van der Waals surface area contributed by atoms with Crippen LogP contribution in [0.5, 0.6) is 0 Å². The summed E-state index contributed by atoms with van der Waals surface area (Å²) in [7, 11) is 0. The third-order valence-electron chi connectivity index (χ3n) is 5.67. The van der Waals surface area contributed by atoms with Crippen LogP contribution in [0.15, 0.2) is 42.7 Å². The van der Waals surface area contributed by atoms with Crippen molar-refractivity contribution in [1.82, 2.24) is 9.97 Å². The molecule has 132 valence electrons. The smallest absolute Gasteiger partial charge is 0.134 e. The van der Waals surface area contributed by atoms with E-state index in [1.165, 1.54) is 50.5 Å². The van der Waals surface area contributed by atoms with Gasteiger partial charge in [0.15, 0.2) is 0 Å². The Morgan fingerprint density at radius 3 is 2.48 bits per heavy atom. The maximum Gasteiger partial charge on any atom is 0.134 e. The molecule has 25 heavy (non-hydrogen) atoms. The van der Waals surface area contributed by atoms with Gasteiger partial charge in [0, 0.05) is 25.2 Å². The maximum absolute atomic E-state index is 4.52. The zero-order chi connectivity index (χ0) is 16.9. The minimum atomic E-state index is 0.597. The van der Waals surface area contributed by atoms with Crippen molar-refractivity contribution in [3.63, 3.8) is 0 Å². The first-order valence-electron chi connectivity index (χ1n) is 9.74. The largest absolute Gasteiger partial charge is 0.367 e. The van der Waals surface area contributed by atoms with Gasteiger partial charge in [0.25, 0.3) is 0 Å². The fraction of sp³-hybridized carbons (Fsp3) is 0.524. The van der Waals surface area contributed by atoms with Crippen molar-refractivity contribution < 1.29 is 0 Å². The van der Waals surface area contributed by atoms with Crippen molar-refractivity contribution in [3.05, 3.63) is 48.3 Å². The summed E-state index contributed by atoms with van der Waals surface area (Å²) in [5, 5.41) is 3.58. The van der Waals surface area contributed by atoms with Gasteiger partial charge >= 0.3 is 0 Å². The molecule has 0 atom stereocenters. The predicted molar refractivity (Wildman–Crippen MR) is 103 cm³/mol. The molecule has 2 fully saturated rings. The Morgan fingerprint density at radius 1 is 0.960 bits per heavy atom. The van der Waals surface area contributed by atoms with E-state index in [0.29, 0.717) is 6.04 Å². The van der Waals surface area contributed by atoms with Crippen LogP contribution < -0.4 is 10.2 Å². The average Bonchev–Trinajstić information content (AvgIpc) is 3.16. The summed E-state index contributed by atoms with van der Waals surface area (Å²) in [6, 6.07) is 13.6. The highest BCUT2D eigenvalue weighted by atomic mass is 15.2. The number of nitrogens with zero attached hydrogens (tertiary/aromatic N) is 3. The second-order valence-corrected chi connectivity index (χ2v) is 7.51. The Bertz CT molecular complexity index is 659. The van der Waals surface area contributed by atoms with Gasteiger partial charge in [-0.25, -0.2) is 9.97 Å². The van der Waals surface area contributed by atoms with E-state index in [-0.39, 0.29) is 0 Å². The number of hydrogen-bond donors (Lipinski definition) is 1. The molecule has 0 radical (unpaired) electrons. The standard InChI is InChI=1S/C21H28N4/c1-2-6-17(7-3-1)14-18-10-12-25(13-11-18)21-15-20(22-16-23-21)24-19-8-4-5-9-19/h1-3,6-7,15-16,18-19H,4-5,8-14H2,(H,22,23,24). The van der Waals surface area contributed by atoms with Crippen molar-refractivity contribution >= 4 is 11.6 Å². The van der Waals surface area contributed by atoms with Crippen molar-refractivity contribution in [1.29, 1.82) is 0 Å². The zero-order valence-electron chi connectivity index (χ0n) is 14.9.